The van der Waals surface area contributed by atoms with Crippen LogP contribution in [0.4, 0.5) is 0 Å². The summed E-state index contributed by atoms with van der Waals surface area (Å²) in [5, 5.41) is 1.21. The van der Waals surface area contributed by atoms with Gasteiger partial charge in [0.25, 0.3) is 0 Å². The highest BCUT2D eigenvalue weighted by atomic mass is 35.5. The van der Waals surface area contributed by atoms with Gasteiger partial charge in [0.2, 0.25) is 5.88 Å². The molecule has 0 radical (unpaired) electrons. The van der Waals surface area contributed by atoms with Gasteiger partial charge in [-0.2, -0.15) is 0 Å². The largest absolute Gasteiger partial charge is 0.497 e. The number of benzene rings is 1. The maximum atomic E-state index is 6.06. The zero-order chi connectivity index (χ0) is 18.7. The van der Waals surface area contributed by atoms with Crippen molar-refractivity contribution in [1.29, 1.82) is 0 Å². The van der Waals surface area contributed by atoms with E-state index >= 15 is 0 Å². The van der Waals surface area contributed by atoms with Gasteiger partial charge >= 0.3 is 0 Å². The van der Waals surface area contributed by atoms with Gasteiger partial charge in [0.1, 0.15) is 11.3 Å². The molecular formula is C22H29ClN2O2. The van der Waals surface area contributed by atoms with Gasteiger partial charge in [-0.1, -0.05) is 26.0 Å². The van der Waals surface area contributed by atoms with Crippen LogP contribution < -0.4 is 9.47 Å². The molecule has 0 bridgehead atoms. The molecule has 5 heteroatoms. The van der Waals surface area contributed by atoms with Crippen LogP contribution >= 0.6 is 12.4 Å². The summed E-state index contributed by atoms with van der Waals surface area (Å²) in [6.45, 7) is 10.2. The highest BCUT2D eigenvalue weighted by Gasteiger charge is 2.16. The van der Waals surface area contributed by atoms with Crippen molar-refractivity contribution >= 4 is 23.3 Å². The number of aryl methyl sites for hydroxylation is 1. The molecule has 27 heavy (non-hydrogen) atoms. The minimum atomic E-state index is 0. The van der Waals surface area contributed by atoms with Gasteiger partial charge < -0.3 is 14.0 Å². The van der Waals surface area contributed by atoms with Crippen molar-refractivity contribution in [1.82, 2.24) is 9.55 Å². The summed E-state index contributed by atoms with van der Waals surface area (Å²) >= 11 is 0. The smallest absolute Gasteiger partial charge is 0.238 e. The summed E-state index contributed by atoms with van der Waals surface area (Å²) < 4.78 is 13.6. The van der Waals surface area contributed by atoms with Gasteiger partial charge in [-0.05, 0) is 55.5 Å². The zero-order valence-electron chi connectivity index (χ0n) is 16.8. The number of halogens is 1. The SMILES string of the molecule is COc1ccc(Cn2c(C)c(C)c3ccnc(OCCC(C)C)c32)cc1.Cl. The first-order valence-corrected chi connectivity index (χ1v) is 9.21. The Hall–Kier alpha value is -2.20. The molecule has 2 heterocycles. The van der Waals surface area contributed by atoms with Crippen molar-refractivity contribution in [3.05, 3.63) is 53.3 Å². The van der Waals surface area contributed by atoms with E-state index in [4.69, 9.17) is 9.47 Å². The molecule has 0 saturated heterocycles. The molecule has 3 rings (SSSR count). The molecule has 0 fully saturated rings. The number of hydrogen-bond acceptors (Lipinski definition) is 3. The van der Waals surface area contributed by atoms with Crippen molar-refractivity contribution in [3.8, 4) is 11.6 Å². The Labute approximate surface area is 167 Å². The Kier molecular flexibility index (Phi) is 7.14. The minimum absolute atomic E-state index is 0. The van der Waals surface area contributed by atoms with E-state index in [-0.39, 0.29) is 12.4 Å². The zero-order valence-corrected chi connectivity index (χ0v) is 17.6. The van der Waals surface area contributed by atoms with E-state index in [1.54, 1.807) is 7.11 Å². The van der Waals surface area contributed by atoms with Gasteiger partial charge in [-0.3, -0.25) is 0 Å². The second-order valence-electron chi connectivity index (χ2n) is 7.19. The lowest BCUT2D eigenvalue weighted by atomic mass is 10.1. The van der Waals surface area contributed by atoms with Gasteiger partial charge in [0.15, 0.2) is 0 Å². The quantitative estimate of drug-likeness (QED) is 0.531. The van der Waals surface area contributed by atoms with Gasteiger partial charge in [-0.25, -0.2) is 4.98 Å². The molecule has 0 unspecified atom stereocenters. The number of hydrogen-bond donors (Lipinski definition) is 0. The van der Waals surface area contributed by atoms with Gasteiger partial charge in [0, 0.05) is 23.8 Å². The predicted octanol–water partition coefficient (Wildman–Crippen LogP) is 5.56. The number of aromatic nitrogens is 2. The molecule has 1 aromatic carbocycles. The van der Waals surface area contributed by atoms with Crippen LogP contribution in [-0.2, 0) is 6.54 Å². The Morgan fingerprint density at radius 3 is 2.41 bits per heavy atom. The fourth-order valence-corrected chi connectivity index (χ4v) is 3.17. The van der Waals surface area contributed by atoms with Crippen molar-refractivity contribution < 1.29 is 9.47 Å². The Balaban J connectivity index is 0.00000261. The molecule has 0 spiro atoms. The Morgan fingerprint density at radius 1 is 1.07 bits per heavy atom. The molecule has 0 N–H and O–H groups in total. The third-order valence-electron chi connectivity index (χ3n) is 4.95. The number of methoxy groups -OCH3 is 1. The first-order chi connectivity index (χ1) is 12.5. The van der Waals surface area contributed by atoms with Crippen molar-refractivity contribution in [2.75, 3.05) is 13.7 Å². The molecule has 0 saturated carbocycles. The van der Waals surface area contributed by atoms with Crippen LogP contribution in [0.5, 0.6) is 11.6 Å². The van der Waals surface area contributed by atoms with Crippen LogP contribution in [0, 0.1) is 19.8 Å². The van der Waals surface area contributed by atoms with Crippen LogP contribution in [0.25, 0.3) is 10.9 Å². The van der Waals surface area contributed by atoms with Crippen LogP contribution in [0.15, 0.2) is 36.5 Å². The van der Waals surface area contributed by atoms with Crippen LogP contribution in [0.3, 0.4) is 0 Å². The average Bonchev–Trinajstić information content (AvgIpc) is 2.88. The number of pyridine rings is 1. The third-order valence-corrected chi connectivity index (χ3v) is 4.95. The summed E-state index contributed by atoms with van der Waals surface area (Å²) in [4.78, 5) is 4.52. The van der Waals surface area contributed by atoms with Crippen molar-refractivity contribution in [2.45, 2.75) is 40.7 Å². The highest BCUT2D eigenvalue weighted by Crippen LogP contribution is 2.31. The maximum absolute atomic E-state index is 6.06. The number of nitrogens with zero attached hydrogens (tertiary/aromatic N) is 2. The lowest BCUT2D eigenvalue weighted by molar-refractivity contribution is 0.281. The maximum Gasteiger partial charge on any atom is 0.238 e. The second kappa shape index (κ2) is 9.14. The number of ether oxygens (including phenoxy) is 2. The predicted molar refractivity (Wildman–Crippen MR) is 114 cm³/mol. The minimum Gasteiger partial charge on any atom is -0.497 e. The Bertz CT molecular complexity index is 885. The molecule has 3 aromatic rings. The topological polar surface area (TPSA) is 36.3 Å². The average molecular weight is 389 g/mol. The standard InChI is InChI=1S/C22H28N2O2.ClH/c1-15(2)11-13-26-22-21-20(10-12-23-22)16(3)17(4)24(21)14-18-6-8-19(25-5)9-7-18;/h6-10,12,15H,11,13-14H2,1-5H3;1H. The summed E-state index contributed by atoms with van der Waals surface area (Å²) in [6.07, 6.45) is 2.87. The van der Waals surface area contributed by atoms with Gasteiger partial charge in [0.05, 0.1) is 13.7 Å². The number of rotatable bonds is 7. The lowest BCUT2D eigenvalue weighted by Gasteiger charge is -2.13. The highest BCUT2D eigenvalue weighted by molar-refractivity contribution is 5.89. The van der Waals surface area contributed by atoms with E-state index in [1.165, 1.54) is 22.2 Å². The van der Waals surface area contributed by atoms with E-state index in [2.05, 4.69) is 55.4 Å². The van der Waals surface area contributed by atoms with Gasteiger partial charge in [-0.15, -0.1) is 12.4 Å². The molecule has 0 aliphatic carbocycles. The molecule has 0 atom stereocenters. The Morgan fingerprint density at radius 2 is 1.78 bits per heavy atom. The van der Waals surface area contributed by atoms with E-state index in [9.17, 15) is 0 Å². The summed E-state index contributed by atoms with van der Waals surface area (Å²) in [6, 6.07) is 10.3. The fourth-order valence-electron chi connectivity index (χ4n) is 3.17. The molecule has 4 nitrogen and oxygen atoms in total. The van der Waals surface area contributed by atoms with Crippen LogP contribution in [0.2, 0.25) is 0 Å². The normalized spacial score (nSPS) is 10.9. The summed E-state index contributed by atoms with van der Waals surface area (Å²) in [5.74, 6) is 2.22. The van der Waals surface area contributed by atoms with Crippen LogP contribution in [0.1, 0.15) is 37.1 Å². The summed E-state index contributed by atoms with van der Waals surface area (Å²) in [7, 11) is 1.69. The van der Waals surface area contributed by atoms with Crippen LogP contribution in [-0.4, -0.2) is 23.3 Å². The molecule has 0 aliphatic rings. The molecule has 0 amide bonds. The molecule has 2 aromatic heterocycles. The second-order valence-corrected chi connectivity index (χ2v) is 7.19. The molecule has 146 valence electrons. The fraction of sp³-hybridized carbons (Fsp3) is 0.409. The van der Waals surface area contributed by atoms with E-state index in [0.29, 0.717) is 12.5 Å². The first-order valence-electron chi connectivity index (χ1n) is 9.21. The summed E-state index contributed by atoms with van der Waals surface area (Å²) in [5.41, 5.74) is 4.84. The lowest BCUT2D eigenvalue weighted by Crippen LogP contribution is -2.06. The van der Waals surface area contributed by atoms with E-state index in [0.717, 1.165) is 30.1 Å². The third kappa shape index (κ3) is 4.56. The van der Waals surface area contributed by atoms with E-state index < -0.39 is 0 Å². The van der Waals surface area contributed by atoms with Crippen molar-refractivity contribution in [3.63, 3.8) is 0 Å². The molecular weight excluding hydrogens is 360 g/mol. The van der Waals surface area contributed by atoms with E-state index in [1.807, 2.05) is 18.3 Å². The number of fused-ring (bicyclic) bond motifs is 1. The first kappa shape index (κ1) is 21.1. The monoisotopic (exact) mass is 388 g/mol. The van der Waals surface area contributed by atoms with Crippen molar-refractivity contribution in [2.24, 2.45) is 5.92 Å². The molecule has 0 aliphatic heterocycles.